The second kappa shape index (κ2) is 6.60. The highest BCUT2D eigenvalue weighted by Crippen LogP contribution is 2.28. The molecule has 1 aromatic carbocycles. The van der Waals surface area contributed by atoms with Crippen LogP contribution in [-0.4, -0.2) is 31.0 Å². The Hall–Kier alpha value is -1.51. The summed E-state index contributed by atoms with van der Waals surface area (Å²) in [5, 5.41) is 3.37. The van der Waals surface area contributed by atoms with Crippen molar-refractivity contribution < 1.29 is 0 Å². The summed E-state index contributed by atoms with van der Waals surface area (Å²) in [5.41, 5.74) is 2.63. The summed E-state index contributed by atoms with van der Waals surface area (Å²) >= 11 is 0. The van der Waals surface area contributed by atoms with Crippen LogP contribution in [-0.2, 0) is 6.54 Å². The lowest BCUT2D eigenvalue weighted by Gasteiger charge is -2.22. The van der Waals surface area contributed by atoms with E-state index >= 15 is 0 Å². The van der Waals surface area contributed by atoms with E-state index in [0.717, 1.165) is 31.5 Å². The van der Waals surface area contributed by atoms with Gasteiger partial charge >= 0.3 is 0 Å². The molecule has 1 fully saturated rings. The van der Waals surface area contributed by atoms with Crippen molar-refractivity contribution in [2.45, 2.75) is 33.2 Å². The molecule has 1 saturated carbocycles. The van der Waals surface area contributed by atoms with Crippen molar-refractivity contribution in [3.05, 3.63) is 35.4 Å². The molecule has 1 aliphatic rings. The predicted molar refractivity (Wildman–Crippen MR) is 81.3 cm³/mol. The normalized spacial score (nSPS) is 15.4. The summed E-state index contributed by atoms with van der Waals surface area (Å²) in [6.45, 7) is 7.03. The maximum absolute atomic E-state index is 4.72. The first-order chi connectivity index (χ1) is 9.19. The van der Waals surface area contributed by atoms with Crippen molar-refractivity contribution in [3.8, 4) is 0 Å². The van der Waals surface area contributed by atoms with E-state index in [1.54, 1.807) is 0 Å². The average Bonchev–Trinajstić information content (AvgIpc) is 3.21. The van der Waals surface area contributed by atoms with Crippen LogP contribution in [0.3, 0.4) is 0 Å². The van der Waals surface area contributed by atoms with E-state index in [2.05, 4.69) is 55.4 Å². The van der Waals surface area contributed by atoms with Crippen molar-refractivity contribution in [2.75, 3.05) is 20.1 Å². The minimum atomic E-state index is 0.835. The van der Waals surface area contributed by atoms with Crippen LogP contribution in [0.5, 0.6) is 0 Å². The Morgan fingerprint density at radius 1 is 1.32 bits per heavy atom. The van der Waals surface area contributed by atoms with Gasteiger partial charge in [-0.15, -0.1) is 0 Å². The predicted octanol–water partition coefficient (Wildman–Crippen LogP) is 2.80. The second-order valence-corrected chi connectivity index (χ2v) is 5.48. The van der Waals surface area contributed by atoms with Gasteiger partial charge in [0.2, 0.25) is 0 Å². The number of nitrogens with one attached hydrogen (secondary N) is 1. The Balaban J connectivity index is 1.95. The Labute approximate surface area is 116 Å². The maximum atomic E-state index is 4.72. The molecule has 3 heteroatoms. The fourth-order valence-corrected chi connectivity index (χ4v) is 2.03. The standard InChI is InChI=1S/C16H25N3/c1-4-17-16(18-11-14-9-10-14)19(3)12-15-7-5-13(2)6-8-15/h5-8,14H,4,9-12H2,1-3H3,(H,17,18). The zero-order valence-corrected chi connectivity index (χ0v) is 12.3. The molecule has 0 aromatic heterocycles. The summed E-state index contributed by atoms with van der Waals surface area (Å²) in [6.07, 6.45) is 2.70. The molecule has 2 rings (SSSR count). The largest absolute Gasteiger partial charge is 0.357 e. The van der Waals surface area contributed by atoms with Gasteiger partial charge in [0.05, 0.1) is 0 Å². The number of aryl methyl sites for hydroxylation is 1. The molecule has 0 heterocycles. The van der Waals surface area contributed by atoms with Gasteiger partial charge in [-0.2, -0.15) is 0 Å². The first-order valence-corrected chi connectivity index (χ1v) is 7.24. The van der Waals surface area contributed by atoms with E-state index in [1.165, 1.54) is 24.0 Å². The zero-order chi connectivity index (χ0) is 13.7. The minimum absolute atomic E-state index is 0.835. The Kier molecular flexibility index (Phi) is 4.83. The van der Waals surface area contributed by atoms with Crippen molar-refractivity contribution in [3.63, 3.8) is 0 Å². The third kappa shape index (κ3) is 4.58. The van der Waals surface area contributed by atoms with Gasteiger partial charge in [0.1, 0.15) is 0 Å². The molecule has 1 aliphatic carbocycles. The van der Waals surface area contributed by atoms with Crippen LogP contribution >= 0.6 is 0 Å². The van der Waals surface area contributed by atoms with Gasteiger partial charge in [-0.25, -0.2) is 0 Å². The average molecular weight is 259 g/mol. The third-order valence-corrected chi connectivity index (χ3v) is 3.43. The molecule has 1 aromatic rings. The van der Waals surface area contributed by atoms with Crippen LogP contribution in [0.15, 0.2) is 29.3 Å². The SMILES string of the molecule is CCNC(=NCC1CC1)N(C)Cc1ccc(C)cc1. The molecule has 0 atom stereocenters. The van der Waals surface area contributed by atoms with Gasteiger partial charge in [-0.3, -0.25) is 4.99 Å². The molecule has 0 unspecified atom stereocenters. The minimum Gasteiger partial charge on any atom is -0.357 e. The van der Waals surface area contributed by atoms with E-state index in [4.69, 9.17) is 4.99 Å². The molecule has 0 radical (unpaired) electrons. The van der Waals surface area contributed by atoms with E-state index in [0.29, 0.717) is 0 Å². The number of hydrogen-bond acceptors (Lipinski definition) is 1. The molecule has 1 N–H and O–H groups in total. The first kappa shape index (κ1) is 13.9. The summed E-state index contributed by atoms with van der Waals surface area (Å²) in [5.74, 6) is 1.86. The lowest BCUT2D eigenvalue weighted by molar-refractivity contribution is 0.476. The summed E-state index contributed by atoms with van der Waals surface area (Å²) in [4.78, 5) is 6.93. The number of benzene rings is 1. The molecule has 0 amide bonds. The zero-order valence-electron chi connectivity index (χ0n) is 12.3. The van der Waals surface area contributed by atoms with Crippen LogP contribution in [0, 0.1) is 12.8 Å². The molecule has 0 aliphatic heterocycles. The third-order valence-electron chi connectivity index (χ3n) is 3.43. The topological polar surface area (TPSA) is 27.6 Å². The molecular weight excluding hydrogens is 234 g/mol. The van der Waals surface area contributed by atoms with Gasteiger partial charge < -0.3 is 10.2 Å². The monoisotopic (exact) mass is 259 g/mol. The van der Waals surface area contributed by atoms with E-state index < -0.39 is 0 Å². The molecular formula is C16H25N3. The number of guanidine groups is 1. The Bertz CT molecular complexity index is 418. The van der Waals surface area contributed by atoms with Gasteiger partial charge in [0.15, 0.2) is 5.96 Å². The van der Waals surface area contributed by atoms with Gasteiger partial charge in [-0.05, 0) is 38.2 Å². The molecule has 104 valence electrons. The van der Waals surface area contributed by atoms with Crippen molar-refractivity contribution in [2.24, 2.45) is 10.9 Å². The van der Waals surface area contributed by atoms with E-state index in [9.17, 15) is 0 Å². The summed E-state index contributed by atoms with van der Waals surface area (Å²) in [6, 6.07) is 8.71. The number of aliphatic imine (C=N–C) groups is 1. The fraction of sp³-hybridized carbons (Fsp3) is 0.562. The van der Waals surface area contributed by atoms with Crippen LogP contribution in [0.2, 0.25) is 0 Å². The van der Waals surface area contributed by atoms with Crippen molar-refractivity contribution in [1.82, 2.24) is 10.2 Å². The summed E-state index contributed by atoms with van der Waals surface area (Å²) < 4.78 is 0. The molecule has 3 nitrogen and oxygen atoms in total. The number of nitrogens with zero attached hydrogens (tertiary/aromatic N) is 2. The fourth-order valence-electron chi connectivity index (χ4n) is 2.03. The quantitative estimate of drug-likeness (QED) is 0.650. The lowest BCUT2D eigenvalue weighted by atomic mass is 10.1. The highest BCUT2D eigenvalue weighted by molar-refractivity contribution is 5.79. The molecule has 0 saturated heterocycles. The highest BCUT2D eigenvalue weighted by atomic mass is 15.3. The molecule has 0 bridgehead atoms. The molecule has 19 heavy (non-hydrogen) atoms. The summed E-state index contributed by atoms with van der Waals surface area (Å²) in [7, 11) is 2.11. The van der Waals surface area contributed by atoms with Crippen LogP contribution in [0.4, 0.5) is 0 Å². The molecule has 0 spiro atoms. The smallest absolute Gasteiger partial charge is 0.193 e. The van der Waals surface area contributed by atoms with Crippen LogP contribution in [0.1, 0.15) is 30.9 Å². The van der Waals surface area contributed by atoms with Gasteiger partial charge in [-0.1, -0.05) is 29.8 Å². The van der Waals surface area contributed by atoms with Crippen molar-refractivity contribution >= 4 is 5.96 Å². The number of hydrogen-bond donors (Lipinski definition) is 1. The van der Waals surface area contributed by atoms with Gasteiger partial charge in [0, 0.05) is 26.7 Å². The van der Waals surface area contributed by atoms with Gasteiger partial charge in [0.25, 0.3) is 0 Å². The highest BCUT2D eigenvalue weighted by Gasteiger charge is 2.21. The van der Waals surface area contributed by atoms with E-state index in [-0.39, 0.29) is 0 Å². The lowest BCUT2D eigenvalue weighted by Crippen LogP contribution is -2.38. The Morgan fingerprint density at radius 3 is 2.58 bits per heavy atom. The van der Waals surface area contributed by atoms with Crippen LogP contribution < -0.4 is 5.32 Å². The maximum Gasteiger partial charge on any atom is 0.193 e. The second-order valence-electron chi connectivity index (χ2n) is 5.48. The van der Waals surface area contributed by atoms with E-state index in [1.807, 2.05) is 0 Å². The Morgan fingerprint density at radius 2 is 2.00 bits per heavy atom. The van der Waals surface area contributed by atoms with Crippen LogP contribution in [0.25, 0.3) is 0 Å². The van der Waals surface area contributed by atoms with Crippen molar-refractivity contribution in [1.29, 1.82) is 0 Å². The number of rotatable bonds is 5. The first-order valence-electron chi connectivity index (χ1n) is 7.24.